The van der Waals surface area contributed by atoms with Gasteiger partial charge in [-0.15, -0.1) is 0 Å². The van der Waals surface area contributed by atoms with Gasteiger partial charge in [-0.05, 0) is 49.4 Å². The molecule has 0 radical (unpaired) electrons. The van der Waals surface area contributed by atoms with E-state index in [1.54, 1.807) is 6.07 Å². The molecule has 0 spiro atoms. The standard InChI is InChI=1S/C15H23ClFN/c1-11(2)10-18-8-7-12(3)9-13-5-4-6-14(17)15(13)16/h4-6,11-12,18H,7-10H2,1-3H3. The Morgan fingerprint density at radius 3 is 2.67 bits per heavy atom. The minimum atomic E-state index is -0.320. The van der Waals surface area contributed by atoms with Gasteiger partial charge in [-0.1, -0.05) is 44.5 Å². The molecular formula is C15H23ClFN. The van der Waals surface area contributed by atoms with Crippen molar-refractivity contribution in [1.82, 2.24) is 5.32 Å². The molecule has 0 aliphatic heterocycles. The van der Waals surface area contributed by atoms with E-state index in [1.807, 2.05) is 6.07 Å². The third-order valence-electron chi connectivity index (χ3n) is 2.97. The van der Waals surface area contributed by atoms with Gasteiger partial charge in [0, 0.05) is 0 Å². The van der Waals surface area contributed by atoms with Crippen molar-refractivity contribution in [2.45, 2.75) is 33.6 Å². The maximum Gasteiger partial charge on any atom is 0.142 e. The van der Waals surface area contributed by atoms with Gasteiger partial charge in [0.2, 0.25) is 0 Å². The molecule has 1 rings (SSSR count). The summed E-state index contributed by atoms with van der Waals surface area (Å²) in [5.74, 6) is 0.862. The summed E-state index contributed by atoms with van der Waals surface area (Å²) in [4.78, 5) is 0. The molecule has 1 nitrogen and oxygen atoms in total. The van der Waals surface area contributed by atoms with Crippen LogP contribution in [0, 0.1) is 17.7 Å². The van der Waals surface area contributed by atoms with Gasteiger partial charge in [0.05, 0.1) is 5.02 Å². The Hall–Kier alpha value is -0.600. The first-order valence-corrected chi connectivity index (χ1v) is 7.02. The van der Waals surface area contributed by atoms with Crippen molar-refractivity contribution >= 4 is 11.6 Å². The molecule has 0 aromatic heterocycles. The Kier molecular flexibility index (Phi) is 6.66. The summed E-state index contributed by atoms with van der Waals surface area (Å²) in [5, 5.41) is 3.70. The molecule has 0 fully saturated rings. The third-order valence-corrected chi connectivity index (χ3v) is 3.39. The van der Waals surface area contributed by atoms with Gasteiger partial charge in [0.25, 0.3) is 0 Å². The summed E-state index contributed by atoms with van der Waals surface area (Å²) < 4.78 is 13.3. The van der Waals surface area contributed by atoms with Gasteiger partial charge in [-0.2, -0.15) is 0 Å². The van der Waals surface area contributed by atoms with Crippen LogP contribution >= 0.6 is 11.6 Å². The van der Waals surface area contributed by atoms with Crippen molar-refractivity contribution in [1.29, 1.82) is 0 Å². The average molecular weight is 272 g/mol. The van der Waals surface area contributed by atoms with Crippen LogP contribution in [0.3, 0.4) is 0 Å². The Morgan fingerprint density at radius 1 is 1.28 bits per heavy atom. The van der Waals surface area contributed by atoms with Crippen LogP contribution in [0.25, 0.3) is 0 Å². The second-order valence-corrected chi connectivity index (χ2v) is 5.79. The third kappa shape index (κ3) is 5.36. The van der Waals surface area contributed by atoms with E-state index in [-0.39, 0.29) is 10.8 Å². The van der Waals surface area contributed by atoms with E-state index in [9.17, 15) is 4.39 Å². The predicted molar refractivity (Wildman–Crippen MR) is 76.6 cm³/mol. The van der Waals surface area contributed by atoms with Crippen LogP contribution in [0.2, 0.25) is 5.02 Å². The Labute approximate surface area is 115 Å². The molecule has 0 aliphatic rings. The van der Waals surface area contributed by atoms with Crippen LogP contribution in [0.4, 0.5) is 4.39 Å². The van der Waals surface area contributed by atoms with Crippen LogP contribution in [-0.2, 0) is 6.42 Å². The fourth-order valence-electron chi connectivity index (χ4n) is 1.92. The molecule has 18 heavy (non-hydrogen) atoms. The highest BCUT2D eigenvalue weighted by atomic mass is 35.5. The SMILES string of the molecule is CC(C)CNCCC(C)Cc1cccc(F)c1Cl. The second kappa shape index (κ2) is 7.75. The number of nitrogens with one attached hydrogen (secondary N) is 1. The summed E-state index contributed by atoms with van der Waals surface area (Å²) in [7, 11) is 0. The Balaban J connectivity index is 2.35. The summed E-state index contributed by atoms with van der Waals surface area (Å²) in [6.07, 6.45) is 1.92. The fourth-order valence-corrected chi connectivity index (χ4v) is 2.13. The van der Waals surface area contributed by atoms with Crippen molar-refractivity contribution in [2.24, 2.45) is 11.8 Å². The minimum Gasteiger partial charge on any atom is -0.316 e. The lowest BCUT2D eigenvalue weighted by atomic mass is 9.98. The van der Waals surface area contributed by atoms with Gasteiger partial charge in [-0.3, -0.25) is 0 Å². The van der Waals surface area contributed by atoms with Crippen LogP contribution in [-0.4, -0.2) is 13.1 Å². The molecular weight excluding hydrogens is 249 g/mol. The first-order valence-electron chi connectivity index (χ1n) is 6.64. The molecule has 0 saturated carbocycles. The van der Waals surface area contributed by atoms with Gasteiger partial charge < -0.3 is 5.32 Å². The molecule has 0 aliphatic carbocycles. The molecule has 102 valence electrons. The van der Waals surface area contributed by atoms with Gasteiger partial charge >= 0.3 is 0 Å². The molecule has 1 atom stereocenters. The summed E-state index contributed by atoms with van der Waals surface area (Å²) in [6.45, 7) is 8.63. The zero-order valence-corrected chi connectivity index (χ0v) is 12.2. The molecule has 1 aromatic rings. The minimum absolute atomic E-state index is 0.277. The van der Waals surface area contributed by atoms with Crippen molar-refractivity contribution in [3.8, 4) is 0 Å². The van der Waals surface area contributed by atoms with E-state index in [1.165, 1.54) is 6.07 Å². The number of hydrogen-bond acceptors (Lipinski definition) is 1. The fraction of sp³-hybridized carbons (Fsp3) is 0.600. The van der Waals surface area contributed by atoms with Crippen LogP contribution in [0.15, 0.2) is 18.2 Å². The van der Waals surface area contributed by atoms with Gasteiger partial charge in [-0.25, -0.2) is 4.39 Å². The average Bonchev–Trinajstić information content (AvgIpc) is 2.30. The summed E-state index contributed by atoms with van der Waals surface area (Å²) in [6, 6.07) is 5.03. The lowest BCUT2D eigenvalue weighted by Gasteiger charge is -2.14. The normalized spacial score (nSPS) is 13.0. The Bertz CT molecular complexity index is 366. The lowest BCUT2D eigenvalue weighted by molar-refractivity contribution is 0.473. The highest BCUT2D eigenvalue weighted by molar-refractivity contribution is 6.31. The Morgan fingerprint density at radius 2 is 2.00 bits per heavy atom. The van der Waals surface area contributed by atoms with Gasteiger partial charge in [0.1, 0.15) is 5.82 Å². The van der Waals surface area contributed by atoms with Crippen molar-refractivity contribution < 1.29 is 4.39 Å². The monoisotopic (exact) mass is 271 g/mol. The van der Waals surface area contributed by atoms with E-state index in [2.05, 4.69) is 26.1 Å². The number of rotatable bonds is 7. The van der Waals surface area contributed by atoms with Crippen molar-refractivity contribution in [3.63, 3.8) is 0 Å². The van der Waals surface area contributed by atoms with E-state index in [4.69, 9.17) is 11.6 Å². The van der Waals surface area contributed by atoms with Crippen molar-refractivity contribution in [3.05, 3.63) is 34.6 Å². The van der Waals surface area contributed by atoms with Gasteiger partial charge in [0.15, 0.2) is 0 Å². The number of benzene rings is 1. The first-order chi connectivity index (χ1) is 8.50. The summed E-state index contributed by atoms with van der Waals surface area (Å²) in [5.41, 5.74) is 0.910. The highest BCUT2D eigenvalue weighted by Gasteiger charge is 2.09. The molecule has 1 N–H and O–H groups in total. The maximum absolute atomic E-state index is 13.3. The molecule has 1 aromatic carbocycles. The largest absolute Gasteiger partial charge is 0.316 e. The van der Waals surface area contributed by atoms with Crippen LogP contribution in [0.5, 0.6) is 0 Å². The second-order valence-electron chi connectivity index (χ2n) is 5.41. The zero-order valence-electron chi connectivity index (χ0n) is 11.5. The van der Waals surface area contributed by atoms with Crippen molar-refractivity contribution in [2.75, 3.05) is 13.1 Å². The van der Waals surface area contributed by atoms with E-state index >= 15 is 0 Å². The van der Waals surface area contributed by atoms with Crippen LogP contribution in [0.1, 0.15) is 32.8 Å². The first kappa shape index (κ1) is 15.5. The molecule has 3 heteroatoms. The smallest absolute Gasteiger partial charge is 0.142 e. The van der Waals surface area contributed by atoms with E-state index in [0.29, 0.717) is 11.8 Å². The van der Waals surface area contributed by atoms with E-state index < -0.39 is 0 Å². The molecule has 0 saturated heterocycles. The lowest BCUT2D eigenvalue weighted by Crippen LogP contribution is -2.22. The topological polar surface area (TPSA) is 12.0 Å². The molecule has 0 heterocycles. The summed E-state index contributed by atoms with van der Waals surface area (Å²) >= 11 is 5.95. The highest BCUT2D eigenvalue weighted by Crippen LogP contribution is 2.23. The zero-order chi connectivity index (χ0) is 13.5. The molecule has 0 bridgehead atoms. The number of halogens is 2. The quantitative estimate of drug-likeness (QED) is 0.730. The van der Waals surface area contributed by atoms with Crippen LogP contribution < -0.4 is 5.32 Å². The number of hydrogen-bond donors (Lipinski definition) is 1. The molecule has 1 unspecified atom stereocenters. The predicted octanol–water partition coefficient (Wildman–Crippen LogP) is 4.29. The maximum atomic E-state index is 13.3. The van der Waals surface area contributed by atoms with E-state index in [0.717, 1.165) is 31.5 Å². The molecule has 0 amide bonds.